The zero-order valence-corrected chi connectivity index (χ0v) is 8.47. The van der Waals surface area contributed by atoms with Crippen molar-refractivity contribution in [2.75, 3.05) is 5.32 Å². The molecule has 64 valence electrons. The SMILES string of the molecule is CC(=O)Nc1cc(Br)ncc1C. The highest BCUT2D eigenvalue weighted by Crippen LogP contribution is 2.17. The van der Waals surface area contributed by atoms with Crippen LogP contribution >= 0.6 is 15.9 Å². The van der Waals surface area contributed by atoms with Crippen molar-refractivity contribution in [2.24, 2.45) is 0 Å². The number of aromatic nitrogens is 1. The van der Waals surface area contributed by atoms with E-state index in [1.165, 1.54) is 6.92 Å². The maximum absolute atomic E-state index is 10.7. The van der Waals surface area contributed by atoms with Crippen LogP contribution in [0.4, 0.5) is 5.69 Å². The number of nitrogens with zero attached hydrogens (tertiary/aromatic N) is 1. The van der Waals surface area contributed by atoms with Crippen molar-refractivity contribution in [3.05, 3.63) is 22.4 Å². The zero-order chi connectivity index (χ0) is 9.14. The third kappa shape index (κ3) is 2.30. The first-order valence-corrected chi connectivity index (χ1v) is 4.28. The Balaban J connectivity index is 2.97. The molecular weight excluding hydrogens is 220 g/mol. The van der Waals surface area contributed by atoms with Gasteiger partial charge in [-0.3, -0.25) is 4.79 Å². The predicted octanol–water partition coefficient (Wildman–Crippen LogP) is 2.11. The number of carbonyl (C=O) groups excluding carboxylic acids is 1. The molecule has 12 heavy (non-hydrogen) atoms. The summed E-state index contributed by atoms with van der Waals surface area (Å²) >= 11 is 3.22. The lowest BCUT2D eigenvalue weighted by atomic mass is 10.2. The molecule has 0 aromatic carbocycles. The molecule has 0 aliphatic rings. The fourth-order valence-electron chi connectivity index (χ4n) is 0.823. The molecule has 0 aliphatic carbocycles. The van der Waals surface area contributed by atoms with E-state index in [2.05, 4.69) is 26.2 Å². The molecule has 1 heterocycles. The Morgan fingerprint density at radius 2 is 2.33 bits per heavy atom. The van der Waals surface area contributed by atoms with Gasteiger partial charge < -0.3 is 5.32 Å². The lowest BCUT2D eigenvalue weighted by molar-refractivity contribution is -0.114. The Bertz CT molecular complexity index is 312. The van der Waals surface area contributed by atoms with Crippen LogP contribution in [-0.4, -0.2) is 10.9 Å². The van der Waals surface area contributed by atoms with Gasteiger partial charge in [-0.1, -0.05) is 0 Å². The van der Waals surface area contributed by atoms with Crippen molar-refractivity contribution >= 4 is 27.5 Å². The Morgan fingerprint density at radius 1 is 1.67 bits per heavy atom. The van der Waals surface area contributed by atoms with Gasteiger partial charge in [0.15, 0.2) is 0 Å². The van der Waals surface area contributed by atoms with E-state index in [1.807, 2.05) is 6.92 Å². The van der Waals surface area contributed by atoms with Crippen LogP contribution < -0.4 is 5.32 Å². The zero-order valence-electron chi connectivity index (χ0n) is 6.89. The van der Waals surface area contributed by atoms with Crippen LogP contribution in [0.2, 0.25) is 0 Å². The van der Waals surface area contributed by atoms with Gasteiger partial charge in [0.1, 0.15) is 4.60 Å². The summed E-state index contributed by atoms with van der Waals surface area (Å²) in [6.07, 6.45) is 1.70. The van der Waals surface area contributed by atoms with Crippen molar-refractivity contribution < 1.29 is 4.79 Å². The van der Waals surface area contributed by atoms with Gasteiger partial charge in [0.25, 0.3) is 0 Å². The van der Waals surface area contributed by atoms with Gasteiger partial charge in [-0.05, 0) is 34.5 Å². The third-order valence-corrected chi connectivity index (χ3v) is 1.81. The van der Waals surface area contributed by atoms with Crippen LogP contribution in [0.25, 0.3) is 0 Å². The second kappa shape index (κ2) is 3.67. The molecule has 0 saturated heterocycles. The van der Waals surface area contributed by atoms with Gasteiger partial charge in [0, 0.05) is 18.8 Å². The first-order chi connectivity index (χ1) is 5.59. The second-order valence-corrected chi connectivity index (χ2v) is 3.32. The molecule has 0 bridgehead atoms. The second-order valence-electron chi connectivity index (χ2n) is 2.50. The molecule has 4 heteroatoms. The van der Waals surface area contributed by atoms with Crippen molar-refractivity contribution in [2.45, 2.75) is 13.8 Å². The largest absolute Gasteiger partial charge is 0.326 e. The number of hydrogen-bond acceptors (Lipinski definition) is 2. The highest BCUT2D eigenvalue weighted by atomic mass is 79.9. The van der Waals surface area contributed by atoms with E-state index >= 15 is 0 Å². The molecule has 1 amide bonds. The molecule has 0 fully saturated rings. The Labute approximate surface area is 79.3 Å². The molecule has 0 saturated carbocycles. The number of amides is 1. The average Bonchev–Trinajstić information content (AvgIpc) is 1.96. The molecule has 0 atom stereocenters. The first kappa shape index (κ1) is 9.19. The molecule has 0 unspecified atom stereocenters. The highest BCUT2D eigenvalue weighted by Gasteiger charge is 2.00. The lowest BCUT2D eigenvalue weighted by Gasteiger charge is -2.05. The first-order valence-electron chi connectivity index (χ1n) is 3.49. The Hall–Kier alpha value is -0.900. The minimum atomic E-state index is -0.0730. The summed E-state index contributed by atoms with van der Waals surface area (Å²) in [5.41, 5.74) is 1.75. The van der Waals surface area contributed by atoms with E-state index < -0.39 is 0 Å². The smallest absolute Gasteiger partial charge is 0.221 e. The van der Waals surface area contributed by atoms with Crippen LogP contribution in [-0.2, 0) is 4.79 Å². The number of pyridine rings is 1. The summed E-state index contributed by atoms with van der Waals surface area (Å²) in [4.78, 5) is 14.7. The summed E-state index contributed by atoms with van der Waals surface area (Å²) < 4.78 is 0.719. The van der Waals surface area contributed by atoms with E-state index in [1.54, 1.807) is 12.3 Å². The molecule has 0 aliphatic heterocycles. The van der Waals surface area contributed by atoms with Gasteiger partial charge in [-0.15, -0.1) is 0 Å². The predicted molar refractivity (Wildman–Crippen MR) is 51.0 cm³/mol. The molecule has 1 rings (SSSR count). The van der Waals surface area contributed by atoms with Crippen molar-refractivity contribution in [1.29, 1.82) is 0 Å². The van der Waals surface area contributed by atoms with Gasteiger partial charge in [-0.2, -0.15) is 0 Å². The third-order valence-electron chi connectivity index (χ3n) is 1.38. The number of hydrogen-bond donors (Lipinski definition) is 1. The van der Waals surface area contributed by atoms with Gasteiger partial charge in [0.05, 0.1) is 0 Å². The minimum Gasteiger partial charge on any atom is -0.326 e. The fourth-order valence-corrected chi connectivity index (χ4v) is 1.15. The number of carbonyl (C=O) groups is 1. The number of nitrogens with one attached hydrogen (secondary N) is 1. The molecular formula is C8H9BrN2O. The molecule has 1 aromatic heterocycles. The average molecular weight is 229 g/mol. The maximum atomic E-state index is 10.7. The monoisotopic (exact) mass is 228 g/mol. The summed E-state index contributed by atoms with van der Waals surface area (Å²) in [7, 11) is 0. The standard InChI is InChI=1S/C8H9BrN2O/c1-5-4-10-8(9)3-7(5)11-6(2)12/h3-4H,1-2H3,(H,10,11,12). The van der Waals surface area contributed by atoms with Crippen LogP contribution in [0.15, 0.2) is 16.9 Å². The van der Waals surface area contributed by atoms with Crippen LogP contribution in [0, 0.1) is 6.92 Å². The normalized spacial score (nSPS) is 9.58. The number of anilines is 1. The topological polar surface area (TPSA) is 42.0 Å². The Kier molecular flexibility index (Phi) is 2.81. The van der Waals surface area contributed by atoms with Crippen molar-refractivity contribution in [3.8, 4) is 0 Å². The van der Waals surface area contributed by atoms with Crippen LogP contribution in [0.3, 0.4) is 0 Å². The fraction of sp³-hybridized carbons (Fsp3) is 0.250. The number of rotatable bonds is 1. The van der Waals surface area contributed by atoms with E-state index in [-0.39, 0.29) is 5.91 Å². The van der Waals surface area contributed by atoms with Crippen molar-refractivity contribution in [3.63, 3.8) is 0 Å². The maximum Gasteiger partial charge on any atom is 0.221 e. The molecule has 0 spiro atoms. The van der Waals surface area contributed by atoms with Gasteiger partial charge in [-0.25, -0.2) is 4.98 Å². The molecule has 0 radical (unpaired) electrons. The number of halogens is 1. The van der Waals surface area contributed by atoms with Crippen molar-refractivity contribution in [1.82, 2.24) is 4.98 Å². The number of aryl methyl sites for hydroxylation is 1. The van der Waals surface area contributed by atoms with Gasteiger partial charge in [0.2, 0.25) is 5.91 Å². The van der Waals surface area contributed by atoms with E-state index in [9.17, 15) is 4.79 Å². The quantitative estimate of drug-likeness (QED) is 0.749. The molecule has 1 N–H and O–H groups in total. The van der Waals surface area contributed by atoms with Gasteiger partial charge >= 0.3 is 0 Å². The summed E-state index contributed by atoms with van der Waals surface area (Å²) in [6.45, 7) is 3.37. The highest BCUT2D eigenvalue weighted by molar-refractivity contribution is 9.10. The van der Waals surface area contributed by atoms with E-state index in [4.69, 9.17) is 0 Å². The minimum absolute atomic E-state index is 0.0730. The van der Waals surface area contributed by atoms with E-state index in [0.29, 0.717) is 0 Å². The molecule has 1 aromatic rings. The van der Waals surface area contributed by atoms with E-state index in [0.717, 1.165) is 15.9 Å². The summed E-state index contributed by atoms with van der Waals surface area (Å²) in [5.74, 6) is -0.0730. The summed E-state index contributed by atoms with van der Waals surface area (Å²) in [5, 5.41) is 2.70. The van der Waals surface area contributed by atoms with Crippen LogP contribution in [0.5, 0.6) is 0 Å². The lowest BCUT2D eigenvalue weighted by Crippen LogP contribution is -2.07. The Morgan fingerprint density at radius 3 is 2.92 bits per heavy atom. The summed E-state index contributed by atoms with van der Waals surface area (Å²) in [6, 6.07) is 1.77. The van der Waals surface area contributed by atoms with Crippen LogP contribution in [0.1, 0.15) is 12.5 Å². The molecule has 3 nitrogen and oxygen atoms in total.